The van der Waals surface area contributed by atoms with Crippen molar-refractivity contribution in [3.05, 3.63) is 109 Å². The van der Waals surface area contributed by atoms with Crippen molar-refractivity contribution in [3.63, 3.8) is 0 Å². The zero-order chi connectivity index (χ0) is 26.8. The molecule has 0 amide bonds. The fraction of sp³-hybridized carbons (Fsp3) is 0.182. The molecule has 1 aromatic carbocycles. The Morgan fingerprint density at radius 3 is 2.54 bits per heavy atom. The molecule has 4 heterocycles. The van der Waals surface area contributed by atoms with Crippen molar-refractivity contribution < 1.29 is 0 Å². The van der Waals surface area contributed by atoms with E-state index >= 15 is 0 Å². The first kappa shape index (κ1) is 24.6. The van der Waals surface area contributed by atoms with Crippen molar-refractivity contribution in [2.24, 2.45) is 5.92 Å². The van der Waals surface area contributed by atoms with Crippen LogP contribution in [0.25, 0.3) is 50.0 Å². The molecule has 1 aliphatic rings. The van der Waals surface area contributed by atoms with Crippen LogP contribution >= 0.6 is 0 Å². The molecule has 0 unspecified atom stereocenters. The zero-order valence-corrected chi connectivity index (χ0v) is 22.2. The molecule has 1 saturated carbocycles. The summed E-state index contributed by atoms with van der Waals surface area (Å²) < 4.78 is 0. The van der Waals surface area contributed by atoms with Crippen LogP contribution in [0.4, 0.5) is 0 Å². The van der Waals surface area contributed by atoms with Gasteiger partial charge in [0.15, 0.2) is 0 Å². The van der Waals surface area contributed by atoms with Gasteiger partial charge in [0.05, 0.1) is 16.9 Å². The number of allylic oxidation sites excluding steroid dienone is 5. The van der Waals surface area contributed by atoms with Crippen molar-refractivity contribution >= 4 is 27.4 Å². The Bertz CT molecular complexity index is 1730. The molecule has 1 fully saturated rings. The van der Waals surface area contributed by atoms with Crippen molar-refractivity contribution in [1.82, 2.24) is 30.5 Å². The van der Waals surface area contributed by atoms with Gasteiger partial charge < -0.3 is 10.3 Å². The van der Waals surface area contributed by atoms with E-state index in [9.17, 15) is 0 Å². The SMILES string of the molecule is C=C/C(=C\C(=C/C)c1ccc2[nH]nc(-c3cc4c(-c5ccncc5)nccc4[nH]3)c2c1)NC(=C)C1CCCC1. The van der Waals surface area contributed by atoms with E-state index in [1.54, 1.807) is 12.4 Å². The number of hydrogen-bond donors (Lipinski definition) is 3. The molecule has 1 aliphatic carbocycles. The normalized spacial score (nSPS) is 14.8. The van der Waals surface area contributed by atoms with Gasteiger partial charge in [-0.2, -0.15) is 5.10 Å². The minimum Gasteiger partial charge on any atom is -0.359 e. The van der Waals surface area contributed by atoms with Crippen LogP contribution in [0, 0.1) is 5.92 Å². The Kier molecular flexibility index (Phi) is 6.68. The van der Waals surface area contributed by atoms with E-state index in [0.717, 1.165) is 67.0 Å². The zero-order valence-electron chi connectivity index (χ0n) is 22.2. The summed E-state index contributed by atoms with van der Waals surface area (Å²) in [7, 11) is 0. The van der Waals surface area contributed by atoms with Gasteiger partial charge in [-0.15, -0.1) is 0 Å². The lowest BCUT2D eigenvalue weighted by molar-refractivity contribution is 0.607. The van der Waals surface area contributed by atoms with Gasteiger partial charge in [-0.05, 0) is 85.4 Å². The number of nitrogens with one attached hydrogen (secondary N) is 3. The van der Waals surface area contributed by atoms with Gasteiger partial charge in [-0.25, -0.2) is 0 Å². The Hall–Kier alpha value is -4.71. The second-order valence-corrected chi connectivity index (χ2v) is 10.1. The molecular formula is C33H32N6. The fourth-order valence-electron chi connectivity index (χ4n) is 5.53. The molecule has 4 aromatic heterocycles. The van der Waals surface area contributed by atoms with E-state index in [-0.39, 0.29) is 0 Å². The van der Waals surface area contributed by atoms with Gasteiger partial charge in [-0.3, -0.25) is 15.1 Å². The number of aromatic amines is 2. The molecule has 6 nitrogen and oxygen atoms in total. The van der Waals surface area contributed by atoms with Gasteiger partial charge in [0, 0.05) is 51.8 Å². The number of fused-ring (bicyclic) bond motifs is 2. The third kappa shape index (κ3) is 4.81. The highest BCUT2D eigenvalue weighted by atomic mass is 15.1. The Morgan fingerprint density at radius 2 is 1.77 bits per heavy atom. The smallest absolute Gasteiger partial charge is 0.116 e. The molecule has 0 saturated heterocycles. The predicted molar refractivity (Wildman–Crippen MR) is 161 cm³/mol. The topological polar surface area (TPSA) is 82.3 Å². The molecule has 0 spiro atoms. The number of benzene rings is 1. The van der Waals surface area contributed by atoms with Crippen LogP contribution in [-0.4, -0.2) is 25.1 Å². The number of pyridine rings is 2. The van der Waals surface area contributed by atoms with Crippen LogP contribution in [0.5, 0.6) is 0 Å². The average Bonchev–Trinajstić information content (AvgIpc) is 3.74. The lowest BCUT2D eigenvalue weighted by Crippen LogP contribution is -2.16. The molecule has 5 aromatic rings. The summed E-state index contributed by atoms with van der Waals surface area (Å²) in [6, 6.07) is 14.5. The van der Waals surface area contributed by atoms with Crippen molar-refractivity contribution in [3.8, 4) is 22.6 Å². The van der Waals surface area contributed by atoms with Crippen LogP contribution in [0.1, 0.15) is 38.2 Å². The first-order valence-corrected chi connectivity index (χ1v) is 13.5. The lowest BCUT2D eigenvalue weighted by Gasteiger charge is -2.17. The maximum Gasteiger partial charge on any atom is 0.116 e. The Balaban J connectivity index is 1.35. The monoisotopic (exact) mass is 512 g/mol. The molecule has 0 aliphatic heterocycles. The van der Waals surface area contributed by atoms with Crippen LogP contribution in [0.2, 0.25) is 0 Å². The highest BCUT2D eigenvalue weighted by molar-refractivity contribution is 6.00. The summed E-state index contributed by atoms with van der Waals surface area (Å²) >= 11 is 0. The minimum absolute atomic E-state index is 0.540. The minimum atomic E-state index is 0.540. The lowest BCUT2D eigenvalue weighted by atomic mass is 10.0. The van der Waals surface area contributed by atoms with Crippen LogP contribution in [0.15, 0.2) is 104 Å². The Morgan fingerprint density at radius 1 is 0.974 bits per heavy atom. The molecule has 39 heavy (non-hydrogen) atoms. The second-order valence-electron chi connectivity index (χ2n) is 10.1. The maximum absolute atomic E-state index is 4.69. The molecule has 0 atom stereocenters. The van der Waals surface area contributed by atoms with Crippen molar-refractivity contribution in [1.29, 1.82) is 0 Å². The molecule has 0 radical (unpaired) electrons. The number of nitrogens with zero attached hydrogens (tertiary/aromatic N) is 3. The summed E-state index contributed by atoms with van der Waals surface area (Å²) in [6.45, 7) is 10.4. The summed E-state index contributed by atoms with van der Waals surface area (Å²) in [5, 5.41) is 13.5. The van der Waals surface area contributed by atoms with E-state index in [4.69, 9.17) is 0 Å². The van der Waals surface area contributed by atoms with Gasteiger partial charge in [0.1, 0.15) is 5.69 Å². The molecule has 194 valence electrons. The number of aromatic nitrogens is 5. The van der Waals surface area contributed by atoms with E-state index in [1.807, 2.05) is 30.5 Å². The van der Waals surface area contributed by atoms with E-state index in [1.165, 1.54) is 25.7 Å². The first-order chi connectivity index (χ1) is 19.1. The van der Waals surface area contributed by atoms with Crippen molar-refractivity contribution in [2.45, 2.75) is 32.6 Å². The average molecular weight is 513 g/mol. The summed E-state index contributed by atoms with van der Waals surface area (Å²) in [6.07, 6.45) is 16.5. The Labute approximate surface area is 228 Å². The fourth-order valence-corrected chi connectivity index (χ4v) is 5.53. The second kappa shape index (κ2) is 10.6. The molecule has 3 N–H and O–H groups in total. The van der Waals surface area contributed by atoms with Gasteiger partial charge in [-0.1, -0.05) is 38.1 Å². The highest BCUT2D eigenvalue weighted by Gasteiger charge is 2.18. The largest absolute Gasteiger partial charge is 0.359 e. The number of rotatable bonds is 8. The van der Waals surface area contributed by atoms with Gasteiger partial charge in [0.25, 0.3) is 0 Å². The van der Waals surface area contributed by atoms with Gasteiger partial charge in [0.2, 0.25) is 0 Å². The van der Waals surface area contributed by atoms with Gasteiger partial charge >= 0.3 is 0 Å². The van der Waals surface area contributed by atoms with E-state index in [0.29, 0.717) is 5.92 Å². The summed E-state index contributed by atoms with van der Waals surface area (Å²) in [4.78, 5) is 12.4. The number of H-pyrrole nitrogens is 2. The third-order valence-corrected chi connectivity index (χ3v) is 7.65. The quantitative estimate of drug-likeness (QED) is 0.184. The van der Waals surface area contributed by atoms with E-state index in [2.05, 4.69) is 87.0 Å². The predicted octanol–water partition coefficient (Wildman–Crippen LogP) is 7.93. The standard InChI is InChI=1S/C33H32N6/c1-4-22(18-26(5-2)36-21(3)23-8-6-7-9-23)25-10-11-30-27(19-25)33(39-38-30)31-20-28-29(37-31)14-17-35-32(28)24-12-15-34-16-13-24/h4-5,10-20,23,36-37H,2-3,6-9H2,1H3,(H,38,39)/b22-4+,26-18+. The maximum atomic E-state index is 4.69. The molecule has 6 rings (SSSR count). The van der Waals surface area contributed by atoms with Crippen LogP contribution < -0.4 is 5.32 Å². The highest BCUT2D eigenvalue weighted by Crippen LogP contribution is 2.34. The molecular weight excluding hydrogens is 480 g/mol. The van der Waals surface area contributed by atoms with Crippen LogP contribution in [0.3, 0.4) is 0 Å². The van der Waals surface area contributed by atoms with E-state index < -0.39 is 0 Å². The number of hydrogen-bond acceptors (Lipinski definition) is 4. The summed E-state index contributed by atoms with van der Waals surface area (Å²) in [5.41, 5.74) is 10.0. The first-order valence-electron chi connectivity index (χ1n) is 13.5. The van der Waals surface area contributed by atoms with Crippen LogP contribution in [-0.2, 0) is 0 Å². The molecule has 6 heteroatoms. The third-order valence-electron chi connectivity index (χ3n) is 7.65. The summed E-state index contributed by atoms with van der Waals surface area (Å²) in [5.74, 6) is 0.540. The molecule has 0 bridgehead atoms. The van der Waals surface area contributed by atoms with Crippen molar-refractivity contribution in [2.75, 3.05) is 0 Å².